The second-order valence-electron chi connectivity index (χ2n) is 6.66. The summed E-state index contributed by atoms with van der Waals surface area (Å²) < 4.78 is 53.5. The number of benzene rings is 2. The Kier molecular flexibility index (Phi) is 5.07. The van der Waals surface area contributed by atoms with Gasteiger partial charge < -0.3 is 5.32 Å². The number of aryl methyl sites for hydroxylation is 1. The van der Waals surface area contributed by atoms with E-state index in [0.29, 0.717) is 10.7 Å². The van der Waals surface area contributed by atoms with Gasteiger partial charge in [0.1, 0.15) is 5.82 Å². The maximum absolute atomic E-state index is 13.1. The zero-order valence-corrected chi connectivity index (χ0v) is 16.4. The van der Waals surface area contributed by atoms with Gasteiger partial charge in [-0.05, 0) is 49.4 Å². The van der Waals surface area contributed by atoms with Gasteiger partial charge in [0.15, 0.2) is 4.96 Å². The van der Waals surface area contributed by atoms with E-state index in [1.165, 1.54) is 35.6 Å². The number of carbonyl (C=O) groups is 1. The van der Waals surface area contributed by atoms with E-state index in [-0.39, 0.29) is 17.9 Å². The van der Waals surface area contributed by atoms with Gasteiger partial charge in [-0.25, -0.2) is 9.37 Å². The van der Waals surface area contributed by atoms with Crippen LogP contribution in [0.2, 0.25) is 0 Å². The number of nitrogens with zero attached hydrogens (tertiary/aromatic N) is 2. The lowest BCUT2D eigenvalue weighted by Gasteiger charge is -2.09. The molecule has 0 saturated heterocycles. The molecular formula is C21H15F4N3OS. The molecule has 0 unspecified atom stereocenters. The number of fused-ring (bicyclic) bond motifs is 1. The van der Waals surface area contributed by atoms with E-state index in [9.17, 15) is 22.4 Å². The Balaban J connectivity index is 1.51. The zero-order valence-electron chi connectivity index (χ0n) is 15.6. The molecule has 0 spiro atoms. The summed E-state index contributed by atoms with van der Waals surface area (Å²) in [6, 6.07) is 10.3. The molecule has 2 aromatic carbocycles. The van der Waals surface area contributed by atoms with Crippen molar-refractivity contribution in [1.82, 2.24) is 14.7 Å². The topological polar surface area (TPSA) is 46.4 Å². The Morgan fingerprint density at radius 2 is 1.90 bits per heavy atom. The molecule has 1 N–H and O–H groups in total. The molecule has 2 heterocycles. The molecule has 0 aliphatic rings. The predicted octanol–water partition coefficient (Wildman–Crippen LogP) is 5.46. The van der Waals surface area contributed by atoms with E-state index < -0.39 is 17.6 Å². The standard InChI is InChI=1S/C21H15F4N3OS/c1-12-18(10-26-19(29)14-3-2-4-15(9-14)21(23,24)25)30-20-27-17(11-28(12)20)13-5-7-16(22)8-6-13/h2-9,11H,10H2,1H3,(H,26,29). The van der Waals surface area contributed by atoms with Crippen molar-refractivity contribution in [2.45, 2.75) is 19.6 Å². The lowest BCUT2D eigenvalue weighted by molar-refractivity contribution is -0.137. The van der Waals surface area contributed by atoms with Crippen molar-refractivity contribution in [3.63, 3.8) is 0 Å². The molecule has 30 heavy (non-hydrogen) atoms. The quantitative estimate of drug-likeness (QED) is 0.435. The SMILES string of the molecule is Cc1c(CNC(=O)c2cccc(C(F)(F)F)c2)sc2nc(-c3ccc(F)cc3)cn12. The number of nitrogens with one attached hydrogen (secondary N) is 1. The highest BCUT2D eigenvalue weighted by Crippen LogP contribution is 2.30. The van der Waals surface area contributed by atoms with E-state index in [4.69, 9.17) is 0 Å². The number of alkyl halides is 3. The van der Waals surface area contributed by atoms with Crippen LogP contribution >= 0.6 is 11.3 Å². The van der Waals surface area contributed by atoms with Crippen LogP contribution in [0.4, 0.5) is 17.6 Å². The van der Waals surface area contributed by atoms with Crippen molar-refractivity contribution in [1.29, 1.82) is 0 Å². The van der Waals surface area contributed by atoms with Gasteiger partial charge >= 0.3 is 6.18 Å². The van der Waals surface area contributed by atoms with Gasteiger partial charge in [-0.15, -0.1) is 0 Å². The number of imidazole rings is 1. The molecule has 9 heteroatoms. The minimum atomic E-state index is -4.51. The molecule has 0 fully saturated rings. The van der Waals surface area contributed by atoms with Crippen LogP contribution in [-0.4, -0.2) is 15.3 Å². The molecule has 0 bridgehead atoms. The summed E-state index contributed by atoms with van der Waals surface area (Å²) in [6.45, 7) is 2.03. The highest BCUT2D eigenvalue weighted by molar-refractivity contribution is 7.17. The van der Waals surface area contributed by atoms with Crippen LogP contribution in [0.25, 0.3) is 16.2 Å². The van der Waals surface area contributed by atoms with Gasteiger partial charge in [0.05, 0.1) is 17.8 Å². The van der Waals surface area contributed by atoms with Crippen LogP contribution in [0, 0.1) is 12.7 Å². The molecule has 1 amide bonds. The van der Waals surface area contributed by atoms with Crippen molar-refractivity contribution in [3.05, 3.63) is 82.2 Å². The maximum Gasteiger partial charge on any atom is 0.416 e. The average molecular weight is 433 g/mol. The maximum atomic E-state index is 13.1. The summed E-state index contributed by atoms with van der Waals surface area (Å²) in [5.41, 5.74) is 1.42. The molecule has 154 valence electrons. The van der Waals surface area contributed by atoms with E-state index in [0.717, 1.165) is 28.3 Å². The second-order valence-corrected chi connectivity index (χ2v) is 7.72. The fourth-order valence-corrected chi connectivity index (χ4v) is 4.06. The Morgan fingerprint density at radius 3 is 2.57 bits per heavy atom. The van der Waals surface area contributed by atoms with Crippen molar-refractivity contribution in [3.8, 4) is 11.3 Å². The fourth-order valence-electron chi connectivity index (χ4n) is 3.02. The van der Waals surface area contributed by atoms with Gasteiger partial charge in [0.2, 0.25) is 0 Å². The number of halogens is 4. The van der Waals surface area contributed by atoms with E-state index in [1.54, 1.807) is 12.1 Å². The Bertz CT molecular complexity index is 1230. The Hall–Kier alpha value is -3.20. The molecular weight excluding hydrogens is 418 g/mol. The second kappa shape index (κ2) is 7.56. The molecule has 4 rings (SSSR count). The van der Waals surface area contributed by atoms with Crippen molar-refractivity contribution in [2.75, 3.05) is 0 Å². The van der Waals surface area contributed by atoms with Gasteiger partial charge in [-0.2, -0.15) is 13.2 Å². The summed E-state index contributed by atoms with van der Waals surface area (Å²) in [4.78, 5) is 18.4. The molecule has 4 nitrogen and oxygen atoms in total. The third-order valence-corrected chi connectivity index (χ3v) is 5.81. The van der Waals surface area contributed by atoms with E-state index in [2.05, 4.69) is 10.3 Å². The summed E-state index contributed by atoms with van der Waals surface area (Å²) in [6.07, 6.45) is -2.68. The summed E-state index contributed by atoms with van der Waals surface area (Å²) >= 11 is 1.37. The Morgan fingerprint density at radius 1 is 1.17 bits per heavy atom. The molecule has 0 aliphatic heterocycles. The zero-order chi connectivity index (χ0) is 21.5. The molecule has 0 atom stereocenters. The summed E-state index contributed by atoms with van der Waals surface area (Å²) in [7, 11) is 0. The first-order valence-electron chi connectivity index (χ1n) is 8.91. The van der Waals surface area contributed by atoms with Gasteiger partial charge in [-0.1, -0.05) is 17.4 Å². The molecule has 0 saturated carbocycles. The monoisotopic (exact) mass is 433 g/mol. The lowest BCUT2D eigenvalue weighted by Crippen LogP contribution is -2.23. The highest BCUT2D eigenvalue weighted by Gasteiger charge is 2.30. The predicted molar refractivity (Wildman–Crippen MR) is 106 cm³/mol. The molecule has 0 aliphatic carbocycles. The van der Waals surface area contributed by atoms with Crippen LogP contribution in [-0.2, 0) is 12.7 Å². The first kappa shape index (κ1) is 20.1. The first-order valence-corrected chi connectivity index (χ1v) is 9.73. The Labute approximate surface area is 172 Å². The van der Waals surface area contributed by atoms with Crippen molar-refractivity contribution < 1.29 is 22.4 Å². The van der Waals surface area contributed by atoms with Crippen LogP contribution in [0.3, 0.4) is 0 Å². The van der Waals surface area contributed by atoms with E-state index in [1.807, 2.05) is 17.5 Å². The largest absolute Gasteiger partial charge is 0.416 e. The van der Waals surface area contributed by atoms with Crippen LogP contribution < -0.4 is 5.32 Å². The number of carbonyl (C=O) groups excluding carboxylic acids is 1. The minimum Gasteiger partial charge on any atom is -0.347 e. The summed E-state index contributed by atoms with van der Waals surface area (Å²) in [5, 5.41) is 2.66. The first-order chi connectivity index (χ1) is 14.2. The lowest BCUT2D eigenvalue weighted by atomic mass is 10.1. The number of amides is 1. The fraction of sp³-hybridized carbons (Fsp3) is 0.143. The van der Waals surface area contributed by atoms with Gasteiger partial charge in [0.25, 0.3) is 5.91 Å². The molecule has 4 aromatic rings. The van der Waals surface area contributed by atoms with Gasteiger partial charge in [0, 0.05) is 27.9 Å². The van der Waals surface area contributed by atoms with Gasteiger partial charge in [-0.3, -0.25) is 9.20 Å². The normalized spacial score (nSPS) is 11.8. The van der Waals surface area contributed by atoms with Crippen molar-refractivity contribution >= 4 is 22.2 Å². The molecule has 0 radical (unpaired) electrons. The number of hydrogen-bond acceptors (Lipinski definition) is 3. The van der Waals surface area contributed by atoms with Crippen LogP contribution in [0.15, 0.2) is 54.7 Å². The summed E-state index contributed by atoms with van der Waals surface area (Å²) in [5.74, 6) is -0.909. The third kappa shape index (κ3) is 3.93. The number of rotatable bonds is 4. The number of hydrogen-bond donors (Lipinski definition) is 1. The van der Waals surface area contributed by atoms with Crippen LogP contribution in [0.5, 0.6) is 0 Å². The average Bonchev–Trinajstić information content (AvgIpc) is 3.25. The minimum absolute atomic E-state index is 0.0533. The van der Waals surface area contributed by atoms with E-state index >= 15 is 0 Å². The third-order valence-electron chi connectivity index (χ3n) is 4.65. The molecule has 2 aromatic heterocycles. The number of thiazole rings is 1. The highest BCUT2D eigenvalue weighted by atomic mass is 32.1. The van der Waals surface area contributed by atoms with Crippen LogP contribution in [0.1, 0.15) is 26.5 Å². The number of aromatic nitrogens is 2. The smallest absolute Gasteiger partial charge is 0.347 e. The van der Waals surface area contributed by atoms with Crippen molar-refractivity contribution in [2.24, 2.45) is 0 Å².